The quantitative estimate of drug-likeness (QED) is 0.537. The molecule has 30 heavy (non-hydrogen) atoms. The molecule has 0 fully saturated rings. The van der Waals surface area contributed by atoms with E-state index in [-0.39, 0.29) is 16.2 Å². The number of carbonyl (C=O) groups is 2. The smallest absolute Gasteiger partial charge is 0.339 e. The molecule has 3 aromatic rings. The van der Waals surface area contributed by atoms with Crippen molar-refractivity contribution in [2.45, 2.75) is 18.7 Å². The van der Waals surface area contributed by atoms with Crippen molar-refractivity contribution < 1.29 is 22.7 Å². The number of nitrogens with zero attached hydrogens (tertiary/aromatic N) is 1. The van der Waals surface area contributed by atoms with Crippen LogP contribution in [0.25, 0.3) is 10.8 Å². The van der Waals surface area contributed by atoms with Crippen LogP contribution >= 0.6 is 0 Å². The molecule has 0 bridgehead atoms. The summed E-state index contributed by atoms with van der Waals surface area (Å²) in [4.78, 5) is 26.8. The van der Waals surface area contributed by atoms with Crippen molar-refractivity contribution in [1.29, 1.82) is 0 Å². The summed E-state index contributed by atoms with van der Waals surface area (Å²) in [5, 5.41) is 1.91. The van der Waals surface area contributed by atoms with Crippen LogP contribution in [0.4, 0.5) is 5.69 Å². The van der Waals surface area contributed by atoms with E-state index in [2.05, 4.69) is 0 Å². The van der Waals surface area contributed by atoms with E-state index in [4.69, 9.17) is 4.74 Å². The van der Waals surface area contributed by atoms with Gasteiger partial charge in [0.2, 0.25) is 0 Å². The molecule has 0 N–H and O–H groups in total. The molecular formula is C23H23NO5S. The Morgan fingerprint density at radius 2 is 1.57 bits per heavy atom. The number of ether oxygens (including phenoxy) is 1. The summed E-state index contributed by atoms with van der Waals surface area (Å²) in [5.74, 6) is -1.37. The second-order valence-electron chi connectivity index (χ2n) is 6.61. The Kier molecular flexibility index (Phi) is 6.52. The number of esters is 1. The molecule has 3 rings (SSSR count). The molecule has 1 amide bonds. The van der Waals surface area contributed by atoms with E-state index in [0.717, 1.165) is 16.5 Å². The van der Waals surface area contributed by atoms with Gasteiger partial charge in [0, 0.05) is 11.9 Å². The van der Waals surface area contributed by atoms with Crippen LogP contribution in [-0.2, 0) is 19.4 Å². The van der Waals surface area contributed by atoms with Crippen LogP contribution in [0.15, 0.2) is 71.6 Å². The Labute approximate surface area is 176 Å². The van der Waals surface area contributed by atoms with Gasteiger partial charge in [0.25, 0.3) is 5.91 Å². The number of anilines is 1. The van der Waals surface area contributed by atoms with Crippen molar-refractivity contribution in [2.75, 3.05) is 23.8 Å². The first-order chi connectivity index (χ1) is 14.4. The average molecular weight is 426 g/mol. The van der Waals surface area contributed by atoms with Crippen LogP contribution in [0.5, 0.6) is 0 Å². The molecular weight excluding hydrogens is 402 g/mol. The normalized spacial score (nSPS) is 11.3. The maximum atomic E-state index is 12.8. The van der Waals surface area contributed by atoms with E-state index < -0.39 is 28.3 Å². The largest absolute Gasteiger partial charge is 0.452 e. The fourth-order valence-corrected chi connectivity index (χ4v) is 4.35. The van der Waals surface area contributed by atoms with Crippen LogP contribution < -0.4 is 4.90 Å². The number of sulfone groups is 1. The summed E-state index contributed by atoms with van der Waals surface area (Å²) >= 11 is 0. The summed E-state index contributed by atoms with van der Waals surface area (Å²) in [6, 6.07) is 19.2. The molecule has 0 aliphatic heterocycles. The maximum Gasteiger partial charge on any atom is 0.339 e. The predicted octanol–water partition coefficient (Wildman–Crippen LogP) is 3.84. The minimum atomic E-state index is -3.60. The molecule has 0 atom stereocenters. The summed E-state index contributed by atoms with van der Waals surface area (Å²) in [5.41, 5.74) is 0.658. The minimum absolute atomic E-state index is 0.0691. The molecule has 0 saturated heterocycles. The van der Waals surface area contributed by atoms with Crippen molar-refractivity contribution in [1.82, 2.24) is 0 Å². The zero-order chi connectivity index (χ0) is 21.7. The van der Waals surface area contributed by atoms with Gasteiger partial charge in [-0.05, 0) is 30.5 Å². The SMILES string of the molecule is CCN(C(=O)COC(=O)c1ccccc1S(=O)(=O)CC)c1cccc2ccccc12. The monoisotopic (exact) mass is 425 g/mol. The highest BCUT2D eigenvalue weighted by Crippen LogP contribution is 2.27. The third-order valence-corrected chi connectivity index (χ3v) is 6.61. The van der Waals surface area contributed by atoms with Crippen LogP contribution in [0.3, 0.4) is 0 Å². The number of likely N-dealkylation sites (N-methyl/N-ethyl adjacent to an activating group) is 1. The molecule has 0 saturated carbocycles. The molecule has 0 aliphatic carbocycles. The zero-order valence-corrected chi connectivity index (χ0v) is 17.7. The average Bonchev–Trinajstić information content (AvgIpc) is 2.78. The Balaban J connectivity index is 1.81. The van der Waals surface area contributed by atoms with E-state index in [0.29, 0.717) is 6.54 Å². The molecule has 7 heteroatoms. The predicted molar refractivity (Wildman–Crippen MR) is 116 cm³/mol. The van der Waals surface area contributed by atoms with Crippen molar-refractivity contribution >= 4 is 38.2 Å². The van der Waals surface area contributed by atoms with Crippen molar-refractivity contribution in [3.05, 3.63) is 72.3 Å². The first-order valence-corrected chi connectivity index (χ1v) is 11.3. The Morgan fingerprint density at radius 3 is 2.30 bits per heavy atom. The van der Waals surface area contributed by atoms with Gasteiger partial charge in [-0.3, -0.25) is 4.79 Å². The van der Waals surface area contributed by atoms with Crippen molar-refractivity contribution in [3.8, 4) is 0 Å². The number of hydrogen-bond acceptors (Lipinski definition) is 5. The lowest BCUT2D eigenvalue weighted by atomic mass is 10.1. The number of amides is 1. The van der Waals surface area contributed by atoms with Crippen LogP contribution in [0.2, 0.25) is 0 Å². The highest BCUT2D eigenvalue weighted by Gasteiger charge is 2.23. The van der Waals surface area contributed by atoms with Gasteiger partial charge in [0.1, 0.15) is 0 Å². The number of carbonyl (C=O) groups excluding carboxylic acids is 2. The zero-order valence-electron chi connectivity index (χ0n) is 16.9. The summed E-state index contributed by atoms with van der Waals surface area (Å²) in [6.07, 6.45) is 0. The topological polar surface area (TPSA) is 80.8 Å². The van der Waals surface area contributed by atoms with Gasteiger partial charge in [-0.25, -0.2) is 13.2 Å². The molecule has 0 aliphatic rings. The van der Waals surface area contributed by atoms with Crippen LogP contribution in [-0.4, -0.2) is 39.2 Å². The van der Waals surface area contributed by atoms with E-state index in [1.165, 1.54) is 19.1 Å². The maximum absolute atomic E-state index is 12.8. The Morgan fingerprint density at radius 1 is 0.900 bits per heavy atom. The minimum Gasteiger partial charge on any atom is -0.452 e. The second-order valence-corrected chi connectivity index (χ2v) is 8.86. The lowest BCUT2D eigenvalue weighted by Gasteiger charge is -2.22. The van der Waals surface area contributed by atoms with Crippen LogP contribution in [0, 0.1) is 0 Å². The fourth-order valence-electron chi connectivity index (χ4n) is 3.27. The van der Waals surface area contributed by atoms with Gasteiger partial charge in [0.15, 0.2) is 16.4 Å². The second kappa shape index (κ2) is 9.09. The van der Waals surface area contributed by atoms with Gasteiger partial charge < -0.3 is 9.64 Å². The van der Waals surface area contributed by atoms with Crippen LogP contribution in [0.1, 0.15) is 24.2 Å². The highest BCUT2D eigenvalue weighted by molar-refractivity contribution is 7.91. The first kappa shape index (κ1) is 21.5. The fraction of sp³-hybridized carbons (Fsp3) is 0.217. The number of fused-ring (bicyclic) bond motifs is 1. The number of rotatable bonds is 7. The van der Waals surface area contributed by atoms with Crippen molar-refractivity contribution in [2.24, 2.45) is 0 Å². The van der Waals surface area contributed by atoms with E-state index in [1.54, 1.807) is 17.0 Å². The standard InChI is InChI=1S/C23H23NO5S/c1-3-24(20-14-9-11-17-10-5-6-12-18(17)20)22(25)16-29-23(26)19-13-7-8-15-21(19)30(27,28)4-2/h5-15H,3-4,16H2,1-2H3. The van der Waals surface area contributed by atoms with E-state index in [1.807, 2.05) is 49.4 Å². The third-order valence-electron chi connectivity index (χ3n) is 4.82. The van der Waals surface area contributed by atoms with Gasteiger partial charge >= 0.3 is 5.97 Å². The molecule has 0 unspecified atom stereocenters. The molecule has 0 spiro atoms. The molecule has 6 nitrogen and oxygen atoms in total. The molecule has 3 aromatic carbocycles. The third kappa shape index (κ3) is 4.36. The first-order valence-electron chi connectivity index (χ1n) is 9.66. The van der Waals surface area contributed by atoms with E-state index in [9.17, 15) is 18.0 Å². The summed E-state index contributed by atoms with van der Waals surface area (Å²) in [6.45, 7) is 3.25. The van der Waals surface area contributed by atoms with E-state index >= 15 is 0 Å². The number of hydrogen-bond donors (Lipinski definition) is 0. The Bertz CT molecular complexity index is 1180. The Hall–Kier alpha value is -3.19. The summed E-state index contributed by atoms with van der Waals surface area (Å²) < 4.78 is 29.7. The molecule has 156 valence electrons. The highest BCUT2D eigenvalue weighted by atomic mass is 32.2. The van der Waals surface area contributed by atoms with Gasteiger partial charge in [-0.15, -0.1) is 0 Å². The van der Waals surface area contributed by atoms with Gasteiger partial charge in [-0.1, -0.05) is 55.5 Å². The lowest BCUT2D eigenvalue weighted by Crippen LogP contribution is -2.34. The molecule has 0 radical (unpaired) electrons. The lowest BCUT2D eigenvalue weighted by molar-refractivity contribution is -0.121. The number of benzene rings is 3. The van der Waals surface area contributed by atoms with Crippen molar-refractivity contribution in [3.63, 3.8) is 0 Å². The molecule has 0 heterocycles. The summed E-state index contributed by atoms with van der Waals surface area (Å²) in [7, 11) is -3.60. The van der Waals surface area contributed by atoms with Gasteiger partial charge in [-0.2, -0.15) is 0 Å². The van der Waals surface area contributed by atoms with Gasteiger partial charge in [0.05, 0.1) is 21.9 Å². The molecule has 0 aromatic heterocycles.